The van der Waals surface area contributed by atoms with E-state index < -0.39 is 0 Å². The largest absolute Gasteiger partial charge is 0.508 e. The van der Waals surface area contributed by atoms with E-state index in [0.29, 0.717) is 5.95 Å². The number of anilines is 3. The van der Waals surface area contributed by atoms with Crippen molar-refractivity contribution < 1.29 is 5.11 Å². The maximum atomic E-state index is 9.07. The van der Waals surface area contributed by atoms with Crippen LogP contribution < -0.4 is 11.1 Å². The van der Waals surface area contributed by atoms with Gasteiger partial charge in [-0.2, -0.15) is 15.0 Å². The zero-order valence-corrected chi connectivity index (χ0v) is 7.68. The molecule has 1 radical (unpaired) electrons. The highest BCUT2D eigenvalue weighted by Gasteiger charge is 1.98. The highest BCUT2D eigenvalue weighted by Crippen LogP contribution is 2.16. The number of benzene rings is 1. The fourth-order valence-electron chi connectivity index (χ4n) is 1.01. The molecular weight excluding hydrogens is 194 g/mol. The van der Waals surface area contributed by atoms with Crippen LogP contribution in [-0.2, 0) is 0 Å². The van der Waals surface area contributed by atoms with Crippen LogP contribution in [0.1, 0.15) is 0 Å². The smallest absolute Gasteiger partial charge is 0.232 e. The van der Waals surface area contributed by atoms with E-state index in [9.17, 15) is 0 Å². The molecule has 0 aliphatic carbocycles. The first-order valence-corrected chi connectivity index (χ1v) is 4.18. The van der Waals surface area contributed by atoms with Gasteiger partial charge in [0.1, 0.15) is 5.75 Å². The van der Waals surface area contributed by atoms with Gasteiger partial charge in [-0.1, -0.05) is 0 Å². The number of nitrogens with zero attached hydrogens (tertiary/aromatic N) is 3. The molecule has 2 rings (SSSR count). The van der Waals surface area contributed by atoms with Crippen molar-refractivity contribution in [2.75, 3.05) is 11.1 Å². The molecule has 1 heterocycles. The van der Waals surface area contributed by atoms with Crippen LogP contribution >= 0.6 is 0 Å². The number of nitrogens with one attached hydrogen (secondary N) is 1. The number of hydrogen-bond donors (Lipinski definition) is 3. The van der Waals surface area contributed by atoms with Gasteiger partial charge in [-0.15, -0.1) is 0 Å². The Balaban J connectivity index is 2.18. The first kappa shape index (κ1) is 9.20. The van der Waals surface area contributed by atoms with Crippen molar-refractivity contribution in [1.82, 2.24) is 15.0 Å². The van der Waals surface area contributed by atoms with E-state index in [1.54, 1.807) is 24.3 Å². The Bertz CT molecular complexity index is 456. The molecule has 4 N–H and O–H groups in total. The second-order valence-corrected chi connectivity index (χ2v) is 2.79. The van der Waals surface area contributed by atoms with Crippen LogP contribution in [0.4, 0.5) is 17.6 Å². The number of nitrogen functional groups attached to an aromatic ring is 1. The van der Waals surface area contributed by atoms with Gasteiger partial charge in [-0.05, 0) is 24.3 Å². The standard InChI is InChI=1S/C9H8N5O/c10-8-11-5-12-9(14-8)13-6-1-3-7(15)4-2-6/h1-4,15H,(H3,10,11,12,13,14). The maximum Gasteiger partial charge on any atom is 0.232 e. The van der Waals surface area contributed by atoms with Crippen molar-refractivity contribution in [2.24, 2.45) is 0 Å². The van der Waals surface area contributed by atoms with E-state index in [1.807, 2.05) is 0 Å². The zero-order chi connectivity index (χ0) is 10.7. The number of nitrogens with two attached hydrogens (primary N) is 1. The Kier molecular flexibility index (Phi) is 2.32. The third kappa shape index (κ3) is 2.31. The Morgan fingerprint density at radius 2 is 1.93 bits per heavy atom. The molecule has 15 heavy (non-hydrogen) atoms. The molecule has 0 spiro atoms. The molecule has 6 nitrogen and oxygen atoms in total. The molecule has 0 amide bonds. The molecule has 1 aromatic carbocycles. The summed E-state index contributed by atoms with van der Waals surface area (Å²) in [5.41, 5.74) is 6.11. The van der Waals surface area contributed by atoms with E-state index in [0.717, 1.165) is 5.69 Å². The quantitative estimate of drug-likeness (QED) is 0.620. The predicted molar refractivity (Wildman–Crippen MR) is 54.5 cm³/mol. The number of rotatable bonds is 2. The number of aromatic hydroxyl groups is 1. The Hall–Kier alpha value is -2.37. The van der Waals surface area contributed by atoms with Crippen LogP contribution in [-0.4, -0.2) is 20.1 Å². The molecule has 0 saturated carbocycles. The molecule has 0 atom stereocenters. The Morgan fingerprint density at radius 3 is 2.60 bits per heavy atom. The van der Waals surface area contributed by atoms with Crippen molar-refractivity contribution in [3.8, 4) is 5.75 Å². The van der Waals surface area contributed by atoms with Gasteiger partial charge in [0.05, 0.1) is 0 Å². The summed E-state index contributed by atoms with van der Waals surface area (Å²) in [6.07, 6.45) is 2.36. The summed E-state index contributed by atoms with van der Waals surface area (Å²) in [5.74, 6) is 0.613. The average molecular weight is 202 g/mol. The molecule has 0 aliphatic heterocycles. The lowest BCUT2D eigenvalue weighted by atomic mass is 10.3. The molecule has 0 aliphatic rings. The summed E-state index contributed by atoms with van der Waals surface area (Å²) in [6, 6.07) is 6.48. The first-order valence-electron chi connectivity index (χ1n) is 4.18. The Morgan fingerprint density at radius 1 is 1.20 bits per heavy atom. The number of phenolic OH excluding ortho intramolecular Hbond substituents is 1. The third-order valence-electron chi connectivity index (χ3n) is 1.66. The van der Waals surface area contributed by atoms with Crippen LogP contribution in [0, 0.1) is 6.33 Å². The van der Waals surface area contributed by atoms with Crippen LogP contribution in [0.3, 0.4) is 0 Å². The van der Waals surface area contributed by atoms with Gasteiger partial charge in [0.25, 0.3) is 0 Å². The molecule has 1 aromatic heterocycles. The fourth-order valence-corrected chi connectivity index (χ4v) is 1.01. The number of aromatic nitrogens is 3. The van der Waals surface area contributed by atoms with Crippen LogP contribution in [0.2, 0.25) is 0 Å². The predicted octanol–water partition coefficient (Wildman–Crippen LogP) is 0.703. The first-order chi connectivity index (χ1) is 7.24. The highest BCUT2D eigenvalue weighted by molar-refractivity contribution is 5.54. The SMILES string of the molecule is Nc1n[c]nc(Nc2ccc(O)cc2)n1. The second kappa shape index (κ2) is 3.79. The Labute approximate surface area is 85.8 Å². The molecule has 0 saturated heterocycles. The third-order valence-corrected chi connectivity index (χ3v) is 1.66. The van der Waals surface area contributed by atoms with Gasteiger partial charge < -0.3 is 16.2 Å². The van der Waals surface area contributed by atoms with Gasteiger partial charge in [0, 0.05) is 5.69 Å². The molecule has 75 valence electrons. The minimum absolute atomic E-state index is 0.103. The van der Waals surface area contributed by atoms with Crippen LogP contribution in [0.25, 0.3) is 0 Å². The summed E-state index contributed by atoms with van der Waals surface area (Å²) < 4.78 is 0. The summed E-state index contributed by atoms with van der Waals surface area (Å²) in [5, 5.41) is 12.0. The summed E-state index contributed by atoms with van der Waals surface area (Å²) in [6.45, 7) is 0. The van der Waals surface area contributed by atoms with Gasteiger partial charge in [-0.25, -0.2) is 0 Å². The minimum Gasteiger partial charge on any atom is -0.508 e. The summed E-state index contributed by atoms with van der Waals surface area (Å²) in [4.78, 5) is 11.1. The molecule has 0 fully saturated rings. The summed E-state index contributed by atoms with van der Waals surface area (Å²) in [7, 11) is 0. The maximum absolute atomic E-state index is 9.07. The second-order valence-electron chi connectivity index (χ2n) is 2.79. The summed E-state index contributed by atoms with van der Waals surface area (Å²) >= 11 is 0. The van der Waals surface area contributed by atoms with Gasteiger partial charge in [0.2, 0.25) is 18.2 Å². The highest BCUT2D eigenvalue weighted by atomic mass is 16.3. The lowest BCUT2D eigenvalue weighted by Crippen LogP contribution is -2.01. The fraction of sp³-hybridized carbons (Fsp3) is 0. The lowest BCUT2D eigenvalue weighted by molar-refractivity contribution is 0.475. The van der Waals surface area contributed by atoms with E-state index in [1.165, 1.54) is 0 Å². The zero-order valence-electron chi connectivity index (χ0n) is 7.68. The molecule has 0 unspecified atom stereocenters. The average Bonchev–Trinajstić information content (AvgIpc) is 2.22. The number of phenols is 1. The van der Waals surface area contributed by atoms with Gasteiger partial charge in [-0.3, -0.25) is 0 Å². The van der Waals surface area contributed by atoms with E-state index >= 15 is 0 Å². The molecular formula is C9H8N5O. The van der Waals surface area contributed by atoms with Crippen molar-refractivity contribution >= 4 is 17.6 Å². The van der Waals surface area contributed by atoms with Crippen LogP contribution in [0.5, 0.6) is 5.75 Å². The van der Waals surface area contributed by atoms with Crippen molar-refractivity contribution in [2.45, 2.75) is 0 Å². The van der Waals surface area contributed by atoms with Crippen molar-refractivity contribution in [3.63, 3.8) is 0 Å². The van der Waals surface area contributed by atoms with Gasteiger partial charge in [0.15, 0.2) is 0 Å². The minimum atomic E-state index is 0.103. The lowest BCUT2D eigenvalue weighted by Gasteiger charge is -2.03. The van der Waals surface area contributed by atoms with Crippen molar-refractivity contribution in [3.05, 3.63) is 30.6 Å². The molecule has 0 bridgehead atoms. The topological polar surface area (TPSA) is 97.0 Å². The van der Waals surface area contributed by atoms with E-state index in [4.69, 9.17) is 10.8 Å². The molecule has 2 aromatic rings. The number of hydrogen-bond acceptors (Lipinski definition) is 6. The molecule has 6 heteroatoms. The van der Waals surface area contributed by atoms with E-state index in [2.05, 4.69) is 26.6 Å². The normalized spacial score (nSPS) is 9.87. The van der Waals surface area contributed by atoms with Crippen molar-refractivity contribution in [1.29, 1.82) is 0 Å². The van der Waals surface area contributed by atoms with Crippen LogP contribution in [0.15, 0.2) is 24.3 Å². The van der Waals surface area contributed by atoms with Gasteiger partial charge >= 0.3 is 0 Å². The van der Waals surface area contributed by atoms with E-state index in [-0.39, 0.29) is 11.7 Å². The monoisotopic (exact) mass is 202 g/mol.